The number of anilines is 1. The van der Waals surface area contributed by atoms with Gasteiger partial charge in [0.05, 0.1) is 28.9 Å². The maximum absolute atomic E-state index is 13.5. The number of amides is 4. The van der Waals surface area contributed by atoms with Crippen LogP contribution in [0.25, 0.3) is 16.8 Å². The van der Waals surface area contributed by atoms with Crippen molar-refractivity contribution in [1.82, 2.24) is 5.32 Å². The van der Waals surface area contributed by atoms with E-state index in [-0.39, 0.29) is 23.4 Å². The fraction of sp³-hybridized carbons (Fsp3) is 0.176. The molecule has 1 heterocycles. The Morgan fingerprint density at radius 2 is 1.68 bits per heavy atom. The number of esters is 1. The fourth-order valence-corrected chi connectivity index (χ4v) is 5.45. The Labute approximate surface area is 262 Å². The van der Waals surface area contributed by atoms with Crippen LogP contribution >= 0.6 is 15.9 Å². The lowest BCUT2D eigenvalue weighted by atomic mass is 10.0. The molecule has 1 aliphatic heterocycles. The van der Waals surface area contributed by atoms with Crippen molar-refractivity contribution in [2.75, 3.05) is 18.1 Å². The Kier molecular flexibility index (Phi) is 9.10. The summed E-state index contributed by atoms with van der Waals surface area (Å²) in [5, 5.41) is 4.42. The molecule has 1 fully saturated rings. The van der Waals surface area contributed by atoms with Crippen molar-refractivity contribution in [2.24, 2.45) is 0 Å². The lowest BCUT2D eigenvalue weighted by Crippen LogP contribution is -2.54. The number of nitrogens with one attached hydrogen (secondary N) is 1. The summed E-state index contributed by atoms with van der Waals surface area (Å²) in [4.78, 5) is 51.8. The number of ether oxygens (including phenoxy) is 3. The number of imide groups is 2. The van der Waals surface area contributed by atoms with E-state index in [2.05, 4.69) is 45.5 Å². The van der Waals surface area contributed by atoms with Crippen LogP contribution in [-0.4, -0.2) is 37.0 Å². The molecule has 44 heavy (non-hydrogen) atoms. The van der Waals surface area contributed by atoms with Gasteiger partial charge >= 0.3 is 12.0 Å². The molecule has 0 radical (unpaired) electrons. The molecule has 0 atom stereocenters. The van der Waals surface area contributed by atoms with E-state index in [0.29, 0.717) is 34.7 Å². The number of hydrogen-bond donors (Lipinski definition) is 1. The highest BCUT2D eigenvalue weighted by Crippen LogP contribution is 2.39. The van der Waals surface area contributed by atoms with Gasteiger partial charge in [-0.25, -0.2) is 14.5 Å². The van der Waals surface area contributed by atoms with Crippen LogP contribution in [0.15, 0.2) is 82.8 Å². The summed E-state index contributed by atoms with van der Waals surface area (Å²) in [5.74, 6) is -1.29. The molecule has 4 aromatic rings. The van der Waals surface area contributed by atoms with E-state index in [1.54, 1.807) is 19.1 Å². The van der Waals surface area contributed by atoms with E-state index in [0.717, 1.165) is 26.8 Å². The number of halogens is 1. The minimum Gasteiger partial charge on any atom is -0.490 e. The summed E-state index contributed by atoms with van der Waals surface area (Å²) in [6.07, 6.45) is 1.38. The van der Waals surface area contributed by atoms with E-state index >= 15 is 0 Å². The molecule has 0 saturated carbocycles. The average Bonchev–Trinajstić information content (AvgIpc) is 3.00. The zero-order valence-corrected chi connectivity index (χ0v) is 25.9. The molecule has 224 valence electrons. The largest absolute Gasteiger partial charge is 0.490 e. The quantitative estimate of drug-likeness (QED) is 0.121. The molecule has 10 heteroatoms. The molecule has 1 N–H and O–H groups in total. The molecule has 4 amide bonds. The Morgan fingerprint density at radius 3 is 2.41 bits per heavy atom. The van der Waals surface area contributed by atoms with Crippen molar-refractivity contribution in [3.63, 3.8) is 0 Å². The molecular weight excluding hydrogens is 628 g/mol. The molecule has 1 aliphatic rings. The monoisotopic (exact) mass is 656 g/mol. The summed E-state index contributed by atoms with van der Waals surface area (Å²) in [7, 11) is 0. The van der Waals surface area contributed by atoms with E-state index in [9.17, 15) is 19.2 Å². The minimum atomic E-state index is -0.898. The Morgan fingerprint density at radius 1 is 0.932 bits per heavy atom. The van der Waals surface area contributed by atoms with Crippen LogP contribution in [0.5, 0.6) is 11.5 Å². The summed E-state index contributed by atoms with van der Waals surface area (Å²) in [6.45, 7) is 6.42. The number of barbiturate groups is 1. The highest BCUT2D eigenvalue weighted by Gasteiger charge is 2.37. The first-order valence-electron chi connectivity index (χ1n) is 14.0. The number of aryl methyl sites for hydroxylation is 1. The molecule has 1 saturated heterocycles. The molecule has 9 nitrogen and oxygen atoms in total. The van der Waals surface area contributed by atoms with Crippen molar-refractivity contribution in [3.05, 3.63) is 105 Å². The predicted molar refractivity (Wildman–Crippen MR) is 170 cm³/mol. The first-order chi connectivity index (χ1) is 21.2. The molecule has 0 unspecified atom stereocenters. The van der Waals surface area contributed by atoms with Gasteiger partial charge in [0.2, 0.25) is 0 Å². The van der Waals surface area contributed by atoms with Crippen LogP contribution in [0, 0.1) is 6.92 Å². The van der Waals surface area contributed by atoms with Crippen molar-refractivity contribution in [1.29, 1.82) is 0 Å². The van der Waals surface area contributed by atoms with Crippen LogP contribution < -0.4 is 19.7 Å². The number of carbonyl (C=O) groups is 4. The van der Waals surface area contributed by atoms with Gasteiger partial charge in [-0.2, -0.15) is 0 Å². The highest BCUT2D eigenvalue weighted by atomic mass is 79.9. The minimum absolute atomic E-state index is 0.183. The zero-order valence-electron chi connectivity index (χ0n) is 24.3. The van der Waals surface area contributed by atoms with Gasteiger partial charge in [-0.1, -0.05) is 36.4 Å². The summed E-state index contributed by atoms with van der Waals surface area (Å²) in [6, 6.07) is 20.5. The van der Waals surface area contributed by atoms with Crippen LogP contribution in [0.1, 0.15) is 40.9 Å². The van der Waals surface area contributed by atoms with Crippen LogP contribution in [-0.2, 0) is 20.9 Å². The Balaban J connectivity index is 1.44. The van der Waals surface area contributed by atoms with Gasteiger partial charge in [0.25, 0.3) is 11.8 Å². The third kappa shape index (κ3) is 6.21. The van der Waals surface area contributed by atoms with Gasteiger partial charge in [-0.15, -0.1) is 0 Å². The SMILES string of the molecule is CCOC(=O)c1ccc(N2C(=O)NC(=O)/C(=C\c3cc(Br)c(OCc4c(C)ccc5ccccc45)c(OCC)c3)C2=O)cc1. The number of fused-ring (bicyclic) bond motifs is 1. The first kappa shape index (κ1) is 30.5. The van der Waals surface area contributed by atoms with Crippen molar-refractivity contribution in [2.45, 2.75) is 27.4 Å². The molecule has 0 spiro atoms. The topological polar surface area (TPSA) is 111 Å². The summed E-state index contributed by atoms with van der Waals surface area (Å²) < 4.78 is 17.7. The molecule has 5 rings (SSSR count). The molecular formula is C34H29BrN2O7. The van der Waals surface area contributed by atoms with Gasteiger partial charge in [0.15, 0.2) is 11.5 Å². The second-order valence-electron chi connectivity index (χ2n) is 9.86. The number of hydrogen-bond acceptors (Lipinski definition) is 7. The second-order valence-corrected chi connectivity index (χ2v) is 10.7. The van der Waals surface area contributed by atoms with Gasteiger partial charge in [-0.05, 0) is 101 Å². The Bertz CT molecular complexity index is 1810. The van der Waals surface area contributed by atoms with Crippen molar-refractivity contribution in [3.8, 4) is 11.5 Å². The smallest absolute Gasteiger partial charge is 0.338 e. The van der Waals surface area contributed by atoms with Gasteiger partial charge in [0, 0.05) is 5.56 Å². The predicted octanol–water partition coefficient (Wildman–Crippen LogP) is 6.73. The van der Waals surface area contributed by atoms with E-state index < -0.39 is 23.8 Å². The van der Waals surface area contributed by atoms with Gasteiger partial charge < -0.3 is 14.2 Å². The first-order valence-corrected chi connectivity index (χ1v) is 14.8. The number of benzene rings is 4. The highest BCUT2D eigenvalue weighted by molar-refractivity contribution is 9.10. The van der Waals surface area contributed by atoms with E-state index in [1.807, 2.05) is 26.0 Å². The van der Waals surface area contributed by atoms with Crippen LogP contribution in [0.3, 0.4) is 0 Å². The van der Waals surface area contributed by atoms with Crippen LogP contribution in [0.2, 0.25) is 0 Å². The third-order valence-electron chi connectivity index (χ3n) is 7.02. The normalized spacial score (nSPS) is 14.1. The molecule has 0 bridgehead atoms. The van der Waals surface area contributed by atoms with Crippen molar-refractivity contribution >= 4 is 62.3 Å². The molecule has 0 aromatic heterocycles. The molecule has 4 aromatic carbocycles. The fourth-order valence-electron chi connectivity index (χ4n) is 4.87. The van der Waals surface area contributed by atoms with Gasteiger partial charge in [0.1, 0.15) is 12.2 Å². The van der Waals surface area contributed by atoms with E-state index in [1.165, 1.54) is 30.3 Å². The number of carbonyl (C=O) groups excluding carboxylic acids is 4. The van der Waals surface area contributed by atoms with E-state index in [4.69, 9.17) is 14.2 Å². The zero-order chi connectivity index (χ0) is 31.4. The number of nitrogens with zero attached hydrogens (tertiary/aromatic N) is 1. The third-order valence-corrected chi connectivity index (χ3v) is 7.61. The number of urea groups is 1. The number of rotatable bonds is 9. The van der Waals surface area contributed by atoms with Crippen molar-refractivity contribution < 1.29 is 33.4 Å². The summed E-state index contributed by atoms with van der Waals surface area (Å²) in [5.41, 5.74) is 2.80. The summed E-state index contributed by atoms with van der Waals surface area (Å²) >= 11 is 3.57. The maximum atomic E-state index is 13.5. The molecule has 0 aliphatic carbocycles. The average molecular weight is 658 g/mol. The standard InChI is InChI=1S/C34H29BrN2O7/c1-4-42-29-18-21(17-28(35)30(29)44-19-27-20(3)10-11-22-8-6-7-9-25(22)27)16-26-31(38)36-34(41)37(32(26)39)24-14-12-23(13-15-24)33(40)43-5-2/h6-18H,4-5,19H2,1-3H3,(H,36,38,41)/b26-16+. The maximum Gasteiger partial charge on any atom is 0.338 e. The lowest BCUT2D eigenvalue weighted by Gasteiger charge is -2.26. The second kappa shape index (κ2) is 13.1. The van der Waals surface area contributed by atoms with Gasteiger partial charge in [-0.3, -0.25) is 14.9 Å². The van der Waals surface area contributed by atoms with Crippen LogP contribution in [0.4, 0.5) is 10.5 Å². The lowest BCUT2D eigenvalue weighted by molar-refractivity contribution is -0.122. The Hall–Kier alpha value is -4.96.